The second-order valence-corrected chi connectivity index (χ2v) is 5.56. The van der Waals surface area contributed by atoms with Gasteiger partial charge in [-0.25, -0.2) is 0 Å². The van der Waals surface area contributed by atoms with E-state index in [-0.39, 0.29) is 11.5 Å². The predicted molar refractivity (Wildman–Crippen MR) is 62.1 cm³/mol. The Balaban J connectivity index is 2.01. The smallest absolute Gasteiger partial charge is 0.226 e. The van der Waals surface area contributed by atoms with Gasteiger partial charge in [0.2, 0.25) is 5.91 Å². The third-order valence-electron chi connectivity index (χ3n) is 3.82. The molecule has 1 atom stereocenters. The van der Waals surface area contributed by atoms with E-state index in [9.17, 15) is 4.79 Å². The van der Waals surface area contributed by atoms with Crippen LogP contribution in [-0.4, -0.2) is 49.2 Å². The minimum absolute atomic E-state index is 0.138. The summed E-state index contributed by atoms with van der Waals surface area (Å²) in [4.78, 5) is 14.4. The van der Waals surface area contributed by atoms with Crippen molar-refractivity contribution in [2.75, 3.05) is 32.8 Å². The van der Waals surface area contributed by atoms with E-state index in [1.165, 1.54) is 0 Å². The molecule has 0 bridgehead atoms. The van der Waals surface area contributed by atoms with Crippen molar-refractivity contribution in [2.24, 2.45) is 11.8 Å². The highest BCUT2D eigenvalue weighted by Crippen LogP contribution is 2.25. The number of carbonyl (C=O) groups is 1. The average Bonchev–Trinajstić information content (AvgIpc) is 2.13. The van der Waals surface area contributed by atoms with Crippen LogP contribution in [0, 0.1) is 11.8 Å². The molecule has 1 N–H and O–H groups in total. The number of ether oxygens (including phenoxy) is 1. The lowest BCUT2D eigenvalue weighted by molar-refractivity contribution is -0.152. The Bertz CT molecular complexity index is 274. The van der Waals surface area contributed by atoms with Crippen LogP contribution in [0.2, 0.25) is 0 Å². The molecule has 1 amide bonds. The quantitative estimate of drug-likeness (QED) is 0.744. The lowest BCUT2D eigenvalue weighted by Gasteiger charge is -2.45. The molecule has 0 radical (unpaired) electrons. The van der Waals surface area contributed by atoms with Crippen molar-refractivity contribution in [3.8, 4) is 0 Å². The van der Waals surface area contributed by atoms with E-state index >= 15 is 0 Å². The molecule has 2 fully saturated rings. The summed E-state index contributed by atoms with van der Waals surface area (Å²) < 4.78 is 5.44. The number of nitrogens with one attached hydrogen (secondary N) is 1. The van der Waals surface area contributed by atoms with Gasteiger partial charge in [-0.15, -0.1) is 0 Å². The number of carbonyl (C=O) groups excluding carboxylic acids is 1. The van der Waals surface area contributed by atoms with E-state index in [1.807, 2.05) is 4.90 Å². The van der Waals surface area contributed by atoms with Crippen molar-refractivity contribution in [1.82, 2.24) is 10.2 Å². The Kier molecular flexibility index (Phi) is 3.22. The number of morpholine rings is 1. The first-order valence-electron chi connectivity index (χ1n) is 6.12. The zero-order valence-corrected chi connectivity index (χ0v) is 10.5. The van der Waals surface area contributed by atoms with E-state index in [2.05, 4.69) is 26.1 Å². The second kappa shape index (κ2) is 4.34. The van der Waals surface area contributed by atoms with Crippen LogP contribution in [0.25, 0.3) is 0 Å². The summed E-state index contributed by atoms with van der Waals surface area (Å²) in [5.41, 5.74) is -0.152. The largest absolute Gasteiger partial charge is 0.377 e. The van der Waals surface area contributed by atoms with Gasteiger partial charge in [0, 0.05) is 12.5 Å². The van der Waals surface area contributed by atoms with Crippen LogP contribution in [0.3, 0.4) is 0 Å². The molecule has 0 spiro atoms. The number of rotatable bonds is 2. The summed E-state index contributed by atoms with van der Waals surface area (Å²) in [6, 6.07) is 0. The Morgan fingerprint density at radius 1 is 1.50 bits per heavy atom. The maximum Gasteiger partial charge on any atom is 0.226 e. The van der Waals surface area contributed by atoms with Gasteiger partial charge in [-0.3, -0.25) is 4.79 Å². The van der Waals surface area contributed by atoms with Crippen molar-refractivity contribution >= 4 is 5.91 Å². The second-order valence-electron chi connectivity index (χ2n) is 5.56. The summed E-state index contributed by atoms with van der Waals surface area (Å²) >= 11 is 0. The molecule has 92 valence electrons. The Hall–Kier alpha value is -0.610. The fraction of sp³-hybridized carbons (Fsp3) is 0.917. The van der Waals surface area contributed by atoms with Crippen molar-refractivity contribution in [3.05, 3.63) is 0 Å². The third kappa shape index (κ3) is 2.09. The van der Waals surface area contributed by atoms with E-state index < -0.39 is 0 Å². The summed E-state index contributed by atoms with van der Waals surface area (Å²) in [7, 11) is 0. The zero-order chi connectivity index (χ0) is 11.8. The van der Waals surface area contributed by atoms with Crippen LogP contribution in [0.15, 0.2) is 0 Å². The third-order valence-corrected chi connectivity index (χ3v) is 3.82. The maximum atomic E-state index is 12.4. The molecule has 16 heavy (non-hydrogen) atoms. The maximum absolute atomic E-state index is 12.4. The molecule has 2 aliphatic heterocycles. The van der Waals surface area contributed by atoms with Crippen LogP contribution in [0.1, 0.15) is 20.8 Å². The summed E-state index contributed by atoms with van der Waals surface area (Å²) in [6.45, 7) is 10.2. The van der Waals surface area contributed by atoms with Gasteiger partial charge < -0.3 is 15.0 Å². The first kappa shape index (κ1) is 11.9. The molecule has 2 heterocycles. The number of hydrogen-bond donors (Lipinski definition) is 1. The molecule has 4 nitrogen and oxygen atoms in total. The van der Waals surface area contributed by atoms with Gasteiger partial charge in [0.1, 0.15) is 0 Å². The van der Waals surface area contributed by atoms with Gasteiger partial charge in [0.05, 0.1) is 18.8 Å². The van der Waals surface area contributed by atoms with Crippen LogP contribution in [-0.2, 0) is 9.53 Å². The first-order valence-corrected chi connectivity index (χ1v) is 6.12. The molecular weight excluding hydrogens is 204 g/mol. The topological polar surface area (TPSA) is 41.6 Å². The average molecular weight is 226 g/mol. The monoisotopic (exact) mass is 226 g/mol. The van der Waals surface area contributed by atoms with Crippen LogP contribution < -0.4 is 5.32 Å². The fourth-order valence-corrected chi connectivity index (χ4v) is 2.38. The molecule has 0 saturated carbocycles. The molecule has 0 aromatic heterocycles. The van der Waals surface area contributed by atoms with Gasteiger partial charge in [-0.05, 0) is 32.9 Å². The van der Waals surface area contributed by atoms with Gasteiger partial charge >= 0.3 is 0 Å². The first-order chi connectivity index (χ1) is 7.52. The van der Waals surface area contributed by atoms with Gasteiger partial charge in [-0.1, -0.05) is 6.92 Å². The fourth-order valence-electron chi connectivity index (χ4n) is 2.38. The molecule has 4 heteroatoms. The lowest BCUT2D eigenvalue weighted by Crippen LogP contribution is -2.59. The van der Waals surface area contributed by atoms with Gasteiger partial charge in [-0.2, -0.15) is 0 Å². The normalized spacial score (nSPS) is 27.3. The van der Waals surface area contributed by atoms with E-state index in [0.29, 0.717) is 25.0 Å². The Morgan fingerprint density at radius 2 is 2.19 bits per heavy atom. The molecular formula is C12H22N2O2. The zero-order valence-electron chi connectivity index (χ0n) is 10.5. The standard InChI is InChI=1S/C12H22N2O2/c1-9(10-6-13-7-10)11(15)14-4-5-16-8-12(14,2)3/h9-10,13H,4-8H2,1-3H3. The van der Waals surface area contributed by atoms with Gasteiger partial charge in [0.25, 0.3) is 0 Å². The summed E-state index contributed by atoms with van der Waals surface area (Å²) in [5, 5.41) is 3.23. The van der Waals surface area contributed by atoms with Crippen LogP contribution >= 0.6 is 0 Å². The summed E-state index contributed by atoms with van der Waals surface area (Å²) in [6.07, 6.45) is 0. The SMILES string of the molecule is CC(C(=O)N1CCOCC1(C)C)C1CNC1. The molecule has 2 saturated heterocycles. The molecule has 0 aliphatic carbocycles. The molecule has 0 aromatic rings. The van der Waals surface area contributed by atoms with Crippen LogP contribution in [0.4, 0.5) is 0 Å². The van der Waals surface area contributed by atoms with Crippen molar-refractivity contribution in [3.63, 3.8) is 0 Å². The van der Waals surface area contributed by atoms with Crippen molar-refractivity contribution in [2.45, 2.75) is 26.3 Å². The molecule has 0 aromatic carbocycles. The highest BCUT2D eigenvalue weighted by atomic mass is 16.5. The molecule has 1 unspecified atom stereocenters. The lowest BCUT2D eigenvalue weighted by atomic mass is 9.86. The number of hydrogen-bond acceptors (Lipinski definition) is 3. The van der Waals surface area contributed by atoms with Gasteiger partial charge in [0.15, 0.2) is 0 Å². The number of amides is 1. The van der Waals surface area contributed by atoms with Crippen molar-refractivity contribution < 1.29 is 9.53 Å². The number of nitrogens with zero attached hydrogens (tertiary/aromatic N) is 1. The summed E-state index contributed by atoms with van der Waals surface area (Å²) in [5.74, 6) is 0.949. The Labute approximate surface area is 97.3 Å². The molecule has 2 aliphatic rings. The van der Waals surface area contributed by atoms with E-state index in [1.54, 1.807) is 0 Å². The molecule has 2 rings (SSSR count). The van der Waals surface area contributed by atoms with E-state index in [0.717, 1.165) is 19.6 Å². The minimum Gasteiger partial charge on any atom is -0.377 e. The van der Waals surface area contributed by atoms with Crippen LogP contribution in [0.5, 0.6) is 0 Å². The Morgan fingerprint density at radius 3 is 2.69 bits per heavy atom. The highest BCUT2D eigenvalue weighted by molar-refractivity contribution is 5.79. The highest BCUT2D eigenvalue weighted by Gasteiger charge is 2.39. The minimum atomic E-state index is -0.152. The predicted octanol–water partition coefficient (Wildman–Crippen LogP) is 0.479. The van der Waals surface area contributed by atoms with Crippen molar-refractivity contribution in [1.29, 1.82) is 0 Å². The van der Waals surface area contributed by atoms with E-state index in [4.69, 9.17) is 4.74 Å².